The van der Waals surface area contributed by atoms with Crippen molar-refractivity contribution in [2.45, 2.75) is 60.3 Å². The first-order valence-electron chi connectivity index (χ1n) is 9.61. The van der Waals surface area contributed by atoms with Crippen LogP contribution in [0.3, 0.4) is 0 Å². The van der Waals surface area contributed by atoms with Gasteiger partial charge in [0, 0.05) is 35.3 Å². The summed E-state index contributed by atoms with van der Waals surface area (Å²) >= 11 is 1.26. The van der Waals surface area contributed by atoms with Gasteiger partial charge in [-0.1, -0.05) is 20.8 Å². The lowest BCUT2D eigenvalue weighted by molar-refractivity contribution is -0.117. The van der Waals surface area contributed by atoms with Crippen LogP contribution >= 0.6 is 11.3 Å². The van der Waals surface area contributed by atoms with Crippen molar-refractivity contribution < 1.29 is 9.18 Å². The Morgan fingerprint density at radius 3 is 2.48 bits per heavy atom. The third-order valence-corrected chi connectivity index (χ3v) is 5.84. The van der Waals surface area contributed by atoms with E-state index in [9.17, 15) is 9.18 Å². The molecule has 1 amide bonds. The number of fused-ring (bicyclic) bond motifs is 1. The molecular weight excluding hydrogens is 359 g/mol. The zero-order valence-corrected chi connectivity index (χ0v) is 17.7. The number of nitrogens with zero attached hydrogens (tertiary/aromatic N) is 1. The third-order valence-electron chi connectivity index (χ3n) is 4.87. The first kappa shape index (κ1) is 19.9. The van der Waals surface area contributed by atoms with Gasteiger partial charge in [-0.3, -0.25) is 4.79 Å². The van der Waals surface area contributed by atoms with Crippen LogP contribution in [0.1, 0.15) is 56.0 Å². The second-order valence-corrected chi connectivity index (χ2v) is 9.79. The summed E-state index contributed by atoms with van der Waals surface area (Å²) in [6, 6.07) is 5.86. The smallest absolute Gasteiger partial charge is 0.224 e. The molecule has 2 heterocycles. The van der Waals surface area contributed by atoms with Gasteiger partial charge in [-0.15, -0.1) is 11.3 Å². The maximum absolute atomic E-state index is 13.9. The Morgan fingerprint density at radius 1 is 1.19 bits per heavy atom. The molecule has 0 fully saturated rings. The molecule has 1 aromatic heterocycles. The van der Waals surface area contributed by atoms with Crippen LogP contribution in [-0.4, -0.2) is 12.5 Å². The van der Waals surface area contributed by atoms with E-state index in [-0.39, 0.29) is 16.5 Å². The number of amides is 1. The summed E-state index contributed by atoms with van der Waals surface area (Å²) in [6.07, 6.45) is 3.60. The van der Waals surface area contributed by atoms with Crippen LogP contribution in [0.15, 0.2) is 18.2 Å². The average Bonchev–Trinajstić information content (AvgIpc) is 2.78. The minimum atomic E-state index is -0.119. The largest absolute Gasteiger partial charge is 0.340 e. The van der Waals surface area contributed by atoms with Gasteiger partial charge in [-0.25, -0.2) is 0 Å². The van der Waals surface area contributed by atoms with Gasteiger partial charge in [0.1, 0.15) is 0 Å². The number of thiophene rings is 1. The third kappa shape index (κ3) is 4.70. The highest BCUT2D eigenvalue weighted by molar-refractivity contribution is 7.10. The normalized spacial score (nSPS) is 14.7. The molecule has 1 N–H and O–H groups in total. The van der Waals surface area contributed by atoms with Gasteiger partial charge in [-0.05, 0) is 61.8 Å². The van der Waals surface area contributed by atoms with E-state index in [0.29, 0.717) is 6.42 Å². The zero-order chi connectivity index (χ0) is 19.8. The molecule has 1 aliphatic heterocycles. The van der Waals surface area contributed by atoms with Gasteiger partial charge >= 0.3 is 0 Å². The highest BCUT2D eigenvalue weighted by atomic mass is 32.1. The molecule has 0 atom stereocenters. The molecule has 1 aromatic carbocycles. The van der Waals surface area contributed by atoms with Gasteiger partial charge in [0.05, 0.1) is 5.69 Å². The minimum Gasteiger partial charge on any atom is -0.340 e. The summed E-state index contributed by atoms with van der Waals surface area (Å²) in [5.41, 5.74) is 4.98. The highest BCUT2D eigenvalue weighted by Gasteiger charge is 2.22. The van der Waals surface area contributed by atoms with Crippen LogP contribution in [0, 0.1) is 24.4 Å². The Morgan fingerprint density at radius 2 is 1.85 bits per heavy atom. The first-order chi connectivity index (χ1) is 12.6. The summed E-state index contributed by atoms with van der Waals surface area (Å²) in [6.45, 7) is 11.1. The van der Waals surface area contributed by atoms with Gasteiger partial charge in [0.2, 0.25) is 5.91 Å². The maximum Gasteiger partial charge on any atom is 0.224 e. The lowest BCUT2D eigenvalue weighted by Gasteiger charge is -2.26. The molecule has 3 rings (SSSR count). The average molecular weight is 389 g/mol. The van der Waals surface area contributed by atoms with Crippen LogP contribution in [0.5, 0.6) is 0 Å². The van der Waals surface area contributed by atoms with E-state index in [1.807, 2.05) is 13.8 Å². The minimum absolute atomic E-state index is 0.0402. The molecule has 146 valence electrons. The number of hydrogen-bond acceptors (Lipinski definition) is 3. The predicted octanol–water partition coefficient (Wildman–Crippen LogP) is 6.35. The monoisotopic (exact) mass is 388 g/mol. The summed E-state index contributed by atoms with van der Waals surface area (Å²) in [5, 5.41) is 2.97. The number of benzene rings is 1. The van der Waals surface area contributed by atoms with Crippen LogP contribution in [-0.2, 0) is 11.2 Å². The Kier molecular flexibility index (Phi) is 5.61. The van der Waals surface area contributed by atoms with Gasteiger partial charge in [-0.2, -0.15) is 4.39 Å². The number of carbonyl (C=O) groups excluding carboxylic acids is 1. The molecule has 0 unspecified atom stereocenters. The van der Waals surface area contributed by atoms with E-state index in [1.165, 1.54) is 11.3 Å². The molecular formula is C22H29FN2OS. The molecule has 2 aromatic rings. The number of carbonyl (C=O) groups is 1. The molecule has 0 aliphatic carbocycles. The Bertz CT molecular complexity index is 827. The van der Waals surface area contributed by atoms with Crippen molar-refractivity contribution in [2.24, 2.45) is 5.41 Å². The zero-order valence-electron chi connectivity index (χ0n) is 16.9. The Balaban J connectivity index is 1.90. The number of anilines is 3. The molecule has 0 saturated heterocycles. The summed E-state index contributed by atoms with van der Waals surface area (Å²) in [5.74, 6) is 0.0402. The first-order valence-corrected chi connectivity index (χ1v) is 10.4. The molecule has 0 spiro atoms. The molecule has 0 bridgehead atoms. The quantitative estimate of drug-likeness (QED) is 0.664. The van der Waals surface area contributed by atoms with E-state index in [4.69, 9.17) is 0 Å². The predicted molar refractivity (Wildman–Crippen MR) is 113 cm³/mol. The summed E-state index contributed by atoms with van der Waals surface area (Å²) in [4.78, 5) is 15.7. The van der Waals surface area contributed by atoms with Gasteiger partial charge < -0.3 is 10.2 Å². The van der Waals surface area contributed by atoms with Crippen molar-refractivity contribution in [3.8, 4) is 0 Å². The van der Waals surface area contributed by atoms with Crippen molar-refractivity contribution in [1.82, 2.24) is 0 Å². The Labute approximate surface area is 165 Å². The lowest BCUT2D eigenvalue weighted by Crippen LogP contribution is -2.21. The second kappa shape index (κ2) is 7.63. The molecule has 0 saturated carbocycles. The van der Waals surface area contributed by atoms with Crippen LogP contribution in [0.4, 0.5) is 21.5 Å². The fourth-order valence-corrected chi connectivity index (χ4v) is 4.62. The number of hydrogen-bond donors (Lipinski definition) is 1. The summed E-state index contributed by atoms with van der Waals surface area (Å²) < 4.78 is 13.9. The van der Waals surface area contributed by atoms with E-state index in [1.54, 1.807) is 6.07 Å². The van der Waals surface area contributed by atoms with Crippen LogP contribution in [0.25, 0.3) is 0 Å². The van der Waals surface area contributed by atoms with Crippen molar-refractivity contribution in [1.29, 1.82) is 0 Å². The van der Waals surface area contributed by atoms with E-state index < -0.39 is 0 Å². The SMILES string of the molecule is Cc1cc(N2CCCCc3sc(F)cc32)cc(C)c1NC(=O)CC(C)(C)C. The fraction of sp³-hybridized carbons (Fsp3) is 0.500. The number of nitrogens with one attached hydrogen (secondary N) is 1. The number of rotatable bonds is 3. The molecule has 5 heteroatoms. The van der Waals surface area contributed by atoms with Crippen LogP contribution in [0.2, 0.25) is 0 Å². The maximum atomic E-state index is 13.9. The molecule has 3 nitrogen and oxygen atoms in total. The van der Waals surface area contributed by atoms with Crippen molar-refractivity contribution in [2.75, 3.05) is 16.8 Å². The van der Waals surface area contributed by atoms with Gasteiger partial charge in [0.15, 0.2) is 5.13 Å². The summed E-state index contributed by atoms with van der Waals surface area (Å²) in [7, 11) is 0. The Hall–Kier alpha value is -1.88. The lowest BCUT2D eigenvalue weighted by atomic mass is 9.92. The topological polar surface area (TPSA) is 32.3 Å². The van der Waals surface area contributed by atoms with Crippen LogP contribution < -0.4 is 10.2 Å². The van der Waals surface area contributed by atoms with E-state index >= 15 is 0 Å². The second-order valence-electron chi connectivity index (χ2n) is 8.71. The number of aryl methyl sites for hydroxylation is 3. The molecule has 1 aliphatic rings. The number of halogens is 1. The van der Waals surface area contributed by atoms with E-state index in [0.717, 1.165) is 58.9 Å². The molecule has 0 radical (unpaired) electrons. The standard InChI is InChI=1S/C22H29FN2OS/c1-14-10-16(11-15(2)21(14)24-20(26)13-22(3,4)5)25-9-7-6-8-18-17(25)12-19(23)27-18/h10-12H,6-9,13H2,1-5H3,(H,24,26). The van der Waals surface area contributed by atoms with Crippen molar-refractivity contribution in [3.63, 3.8) is 0 Å². The highest BCUT2D eigenvalue weighted by Crippen LogP contribution is 2.39. The fourth-order valence-electron chi connectivity index (χ4n) is 3.70. The van der Waals surface area contributed by atoms with E-state index in [2.05, 4.69) is 43.1 Å². The van der Waals surface area contributed by atoms with Crippen molar-refractivity contribution >= 4 is 34.3 Å². The van der Waals surface area contributed by atoms with Gasteiger partial charge in [0.25, 0.3) is 0 Å². The molecule has 27 heavy (non-hydrogen) atoms. The van der Waals surface area contributed by atoms with Crippen molar-refractivity contribution in [3.05, 3.63) is 39.3 Å².